The quantitative estimate of drug-likeness (QED) is 0.497. The van der Waals surface area contributed by atoms with Crippen LogP contribution in [0.5, 0.6) is 0 Å². The fourth-order valence-electron chi connectivity index (χ4n) is 1.55. The van der Waals surface area contributed by atoms with E-state index in [4.69, 9.17) is 12.2 Å². The molecule has 0 amide bonds. The molecule has 2 aromatic carbocycles. The van der Waals surface area contributed by atoms with Crippen LogP contribution in [0.1, 0.15) is 0 Å². The van der Waals surface area contributed by atoms with E-state index in [1.165, 1.54) is 4.90 Å². The minimum absolute atomic E-state index is 0.667. The molecule has 0 saturated heterocycles. The summed E-state index contributed by atoms with van der Waals surface area (Å²) in [5.41, 5.74) is 1.01. The van der Waals surface area contributed by atoms with Crippen LogP contribution in [0, 0.1) is 0 Å². The molecule has 0 unspecified atom stereocenters. The van der Waals surface area contributed by atoms with Gasteiger partial charge in [0.15, 0.2) is 5.11 Å². The number of thioether (sulfide) groups is 1. The molecule has 0 aliphatic carbocycles. The third kappa shape index (κ3) is 5.32. The molecule has 0 saturated carbocycles. The Morgan fingerprint density at radius 2 is 1.58 bits per heavy atom. The van der Waals surface area contributed by atoms with E-state index in [1.807, 2.05) is 48.2 Å². The number of nitrogens with one attached hydrogen (secondary N) is 2. The summed E-state index contributed by atoms with van der Waals surface area (Å²) < 4.78 is 0. The Labute approximate surface area is 123 Å². The highest BCUT2D eigenvalue weighted by Gasteiger charge is 1.97. The van der Waals surface area contributed by atoms with Gasteiger partial charge in [-0.2, -0.15) is 0 Å². The Hall–Kier alpha value is -1.52. The molecular weight excluding hydrogens is 272 g/mol. The largest absolute Gasteiger partial charge is 0.362 e. The fourth-order valence-corrected chi connectivity index (χ4v) is 2.56. The van der Waals surface area contributed by atoms with Crippen molar-refractivity contribution in [2.24, 2.45) is 0 Å². The lowest BCUT2D eigenvalue weighted by atomic mass is 10.3. The maximum absolute atomic E-state index is 5.23. The zero-order chi connectivity index (χ0) is 13.3. The van der Waals surface area contributed by atoms with Crippen LogP contribution < -0.4 is 10.6 Å². The highest BCUT2D eigenvalue weighted by molar-refractivity contribution is 7.99. The first-order chi connectivity index (χ1) is 9.34. The lowest BCUT2D eigenvalue weighted by Crippen LogP contribution is -2.30. The zero-order valence-corrected chi connectivity index (χ0v) is 12.1. The Bertz CT molecular complexity index is 500. The lowest BCUT2D eigenvalue weighted by molar-refractivity contribution is 0.990. The van der Waals surface area contributed by atoms with Crippen LogP contribution in [0.25, 0.3) is 0 Å². The van der Waals surface area contributed by atoms with E-state index in [0.29, 0.717) is 5.11 Å². The van der Waals surface area contributed by atoms with Crippen LogP contribution in [0.2, 0.25) is 0 Å². The normalized spacial score (nSPS) is 9.89. The van der Waals surface area contributed by atoms with Gasteiger partial charge >= 0.3 is 0 Å². The molecule has 2 aromatic rings. The molecule has 2 nitrogen and oxygen atoms in total. The molecule has 2 N–H and O–H groups in total. The van der Waals surface area contributed by atoms with Crippen molar-refractivity contribution < 1.29 is 0 Å². The number of anilines is 1. The highest BCUT2D eigenvalue weighted by atomic mass is 32.2. The molecule has 4 heteroatoms. The Morgan fingerprint density at radius 3 is 2.26 bits per heavy atom. The Morgan fingerprint density at radius 1 is 0.947 bits per heavy atom. The van der Waals surface area contributed by atoms with Crippen LogP contribution in [-0.2, 0) is 0 Å². The van der Waals surface area contributed by atoms with Crippen molar-refractivity contribution in [3.63, 3.8) is 0 Å². The zero-order valence-electron chi connectivity index (χ0n) is 10.5. The van der Waals surface area contributed by atoms with Crippen molar-refractivity contribution >= 4 is 34.8 Å². The van der Waals surface area contributed by atoms with Crippen LogP contribution >= 0.6 is 24.0 Å². The minimum Gasteiger partial charge on any atom is -0.362 e. The monoisotopic (exact) mass is 288 g/mol. The topological polar surface area (TPSA) is 24.1 Å². The molecular formula is C15H16N2S2. The van der Waals surface area contributed by atoms with Gasteiger partial charge < -0.3 is 10.6 Å². The van der Waals surface area contributed by atoms with Crippen molar-refractivity contribution in [1.82, 2.24) is 5.32 Å². The number of hydrogen-bond acceptors (Lipinski definition) is 2. The fraction of sp³-hybridized carbons (Fsp3) is 0.133. The maximum Gasteiger partial charge on any atom is 0.170 e. The summed E-state index contributed by atoms with van der Waals surface area (Å²) in [6, 6.07) is 20.3. The first-order valence-corrected chi connectivity index (χ1v) is 7.52. The van der Waals surface area contributed by atoms with Gasteiger partial charge in [0.25, 0.3) is 0 Å². The van der Waals surface area contributed by atoms with Gasteiger partial charge in [0, 0.05) is 22.9 Å². The molecule has 98 valence electrons. The molecule has 0 fully saturated rings. The number of benzene rings is 2. The van der Waals surface area contributed by atoms with Gasteiger partial charge in [-0.3, -0.25) is 0 Å². The minimum atomic E-state index is 0.667. The SMILES string of the molecule is S=C(NCCSc1ccccc1)Nc1ccccc1. The number of rotatable bonds is 5. The van der Waals surface area contributed by atoms with Crippen molar-refractivity contribution in [3.05, 3.63) is 60.7 Å². The second-order valence-corrected chi connectivity index (χ2v) is 5.49. The molecule has 19 heavy (non-hydrogen) atoms. The van der Waals surface area contributed by atoms with E-state index < -0.39 is 0 Å². The van der Waals surface area contributed by atoms with Crippen LogP contribution in [0.15, 0.2) is 65.6 Å². The molecule has 0 aliphatic rings. The molecule has 0 aliphatic heterocycles. The second-order valence-electron chi connectivity index (χ2n) is 3.91. The van der Waals surface area contributed by atoms with Gasteiger partial charge in [-0.15, -0.1) is 11.8 Å². The molecule has 0 bridgehead atoms. The van der Waals surface area contributed by atoms with Gasteiger partial charge in [-0.05, 0) is 36.5 Å². The molecule has 0 atom stereocenters. The van der Waals surface area contributed by atoms with Crippen LogP contribution in [0.3, 0.4) is 0 Å². The third-order valence-electron chi connectivity index (χ3n) is 2.43. The van der Waals surface area contributed by atoms with E-state index in [9.17, 15) is 0 Å². The smallest absolute Gasteiger partial charge is 0.170 e. The summed E-state index contributed by atoms with van der Waals surface area (Å²) in [5, 5.41) is 7.02. The molecule has 0 heterocycles. The van der Waals surface area contributed by atoms with Crippen molar-refractivity contribution in [2.45, 2.75) is 4.90 Å². The summed E-state index contributed by atoms with van der Waals surface area (Å²) in [7, 11) is 0. The first-order valence-electron chi connectivity index (χ1n) is 6.12. The van der Waals surface area contributed by atoms with Gasteiger partial charge in [-0.25, -0.2) is 0 Å². The van der Waals surface area contributed by atoms with Crippen molar-refractivity contribution in [2.75, 3.05) is 17.6 Å². The Kier molecular flexibility index (Phi) is 5.72. The third-order valence-corrected chi connectivity index (χ3v) is 3.69. The summed E-state index contributed by atoms with van der Waals surface area (Å²) in [6.45, 7) is 0.845. The van der Waals surface area contributed by atoms with E-state index in [0.717, 1.165) is 18.0 Å². The molecule has 0 radical (unpaired) electrons. The summed E-state index contributed by atoms with van der Waals surface area (Å²) in [4.78, 5) is 1.28. The summed E-state index contributed by atoms with van der Waals surface area (Å²) in [5.74, 6) is 0.987. The predicted molar refractivity (Wildman–Crippen MR) is 87.8 cm³/mol. The van der Waals surface area contributed by atoms with Crippen LogP contribution in [0.4, 0.5) is 5.69 Å². The van der Waals surface area contributed by atoms with Crippen LogP contribution in [-0.4, -0.2) is 17.4 Å². The average molecular weight is 288 g/mol. The van der Waals surface area contributed by atoms with E-state index in [2.05, 4.69) is 34.9 Å². The number of thiocarbonyl (C=S) groups is 1. The maximum atomic E-state index is 5.23. The standard InChI is InChI=1S/C15H16N2S2/c18-15(17-13-7-3-1-4-8-13)16-11-12-19-14-9-5-2-6-10-14/h1-10H,11-12H2,(H2,16,17,18). The predicted octanol–water partition coefficient (Wildman–Crippen LogP) is 3.77. The molecule has 2 rings (SSSR count). The van der Waals surface area contributed by atoms with Gasteiger partial charge in [0.1, 0.15) is 0 Å². The molecule has 0 aromatic heterocycles. The molecule has 0 spiro atoms. The lowest BCUT2D eigenvalue weighted by Gasteiger charge is -2.10. The second kappa shape index (κ2) is 7.81. The highest BCUT2D eigenvalue weighted by Crippen LogP contribution is 2.15. The van der Waals surface area contributed by atoms with E-state index >= 15 is 0 Å². The van der Waals surface area contributed by atoms with E-state index in [1.54, 1.807) is 0 Å². The average Bonchev–Trinajstić information content (AvgIpc) is 2.46. The Balaban J connectivity index is 1.65. The summed E-state index contributed by atoms with van der Waals surface area (Å²) in [6.07, 6.45) is 0. The number of para-hydroxylation sites is 1. The van der Waals surface area contributed by atoms with Gasteiger partial charge in [0.2, 0.25) is 0 Å². The van der Waals surface area contributed by atoms with E-state index in [-0.39, 0.29) is 0 Å². The van der Waals surface area contributed by atoms with Crippen molar-refractivity contribution in [1.29, 1.82) is 0 Å². The first kappa shape index (κ1) is 13.9. The summed E-state index contributed by atoms with van der Waals surface area (Å²) >= 11 is 7.05. The van der Waals surface area contributed by atoms with Crippen molar-refractivity contribution in [3.8, 4) is 0 Å². The van der Waals surface area contributed by atoms with Gasteiger partial charge in [0.05, 0.1) is 0 Å². The van der Waals surface area contributed by atoms with Gasteiger partial charge in [-0.1, -0.05) is 36.4 Å². The number of hydrogen-bond donors (Lipinski definition) is 2.